The Morgan fingerprint density at radius 3 is 2.39 bits per heavy atom. The van der Waals surface area contributed by atoms with E-state index in [1.165, 1.54) is 36.7 Å². The Kier molecular flexibility index (Phi) is 3.39. The van der Waals surface area contributed by atoms with Gasteiger partial charge in [-0.3, -0.25) is 4.79 Å². The van der Waals surface area contributed by atoms with Crippen LogP contribution in [0.25, 0.3) is 0 Å². The maximum Gasteiger partial charge on any atom is 0.221 e. The van der Waals surface area contributed by atoms with Gasteiger partial charge in [0.05, 0.1) is 6.07 Å². The third-order valence-electron chi connectivity index (χ3n) is 2.38. The fourth-order valence-electron chi connectivity index (χ4n) is 1.50. The molecule has 1 unspecified atom stereocenters. The molecule has 0 amide bonds. The number of hydrogen-bond donors (Lipinski definition) is 0. The van der Waals surface area contributed by atoms with Crippen molar-refractivity contribution in [2.75, 3.05) is 0 Å². The highest BCUT2D eigenvalue weighted by Crippen LogP contribution is 2.19. The predicted octanol–water partition coefficient (Wildman–Crippen LogP) is 2.11. The number of carbonyl (C=O) groups excluding carboxylic acids is 1. The van der Waals surface area contributed by atoms with E-state index < -0.39 is 17.5 Å². The molecule has 1 atom stereocenters. The Balaban J connectivity index is 2.33. The first kappa shape index (κ1) is 11.9. The van der Waals surface area contributed by atoms with Crippen molar-refractivity contribution >= 4 is 5.78 Å². The molecular formula is C13H8FN3O. The Bertz CT molecular complexity index is 590. The molecule has 0 saturated carbocycles. The minimum absolute atomic E-state index is 0.0200. The highest BCUT2D eigenvalue weighted by atomic mass is 19.1. The number of ketones is 1. The van der Waals surface area contributed by atoms with Crippen LogP contribution in [-0.4, -0.2) is 15.8 Å². The molecular weight excluding hydrogens is 233 g/mol. The van der Waals surface area contributed by atoms with Crippen molar-refractivity contribution in [1.82, 2.24) is 9.97 Å². The second-order valence-corrected chi connectivity index (χ2v) is 3.55. The van der Waals surface area contributed by atoms with Crippen molar-refractivity contribution in [2.24, 2.45) is 0 Å². The highest BCUT2D eigenvalue weighted by molar-refractivity contribution is 5.99. The third-order valence-corrected chi connectivity index (χ3v) is 2.38. The van der Waals surface area contributed by atoms with E-state index in [1.54, 1.807) is 6.07 Å². The number of halogens is 1. The minimum Gasteiger partial charge on any atom is -0.289 e. The molecule has 0 aliphatic rings. The first-order valence-corrected chi connectivity index (χ1v) is 5.18. The normalized spacial score (nSPS) is 11.6. The van der Waals surface area contributed by atoms with Gasteiger partial charge in [0.15, 0.2) is 5.82 Å². The van der Waals surface area contributed by atoms with Crippen molar-refractivity contribution in [1.29, 1.82) is 5.26 Å². The van der Waals surface area contributed by atoms with Crippen LogP contribution in [0.1, 0.15) is 22.1 Å². The molecule has 0 aliphatic heterocycles. The maximum absolute atomic E-state index is 12.8. The first-order valence-electron chi connectivity index (χ1n) is 5.18. The molecule has 1 heterocycles. The number of carbonyl (C=O) groups is 1. The summed E-state index contributed by atoms with van der Waals surface area (Å²) in [5.41, 5.74) is 0.427. The van der Waals surface area contributed by atoms with Gasteiger partial charge in [-0.05, 0) is 23.8 Å². The molecule has 2 rings (SSSR count). The summed E-state index contributed by atoms with van der Waals surface area (Å²) in [4.78, 5) is 19.6. The van der Waals surface area contributed by atoms with Crippen molar-refractivity contribution < 1.29 is 9.18 Å². The lowest BCUT2D eigenvalue weighted by Crippen LogP contribution is -2.14. The number of hydrogen-bond acceptors (Lipinski definition) is 4. The van der Waals surface area contributed by atoms with Crippen LogP contribution in [0.5, 0.6) is 0 Å². The van der Waals surface area contributed by atoms with Gasteiger partial charge in [-0.25, -0.2) is 14.4 Å². The number of rotatable bonds is 3. The van der Waals surface area contributed by atoms with E-state index in [-0.39, 0.29) is 5.82 Å². The highest BCUT2D eigenvalue weighted by Gasteiger charge is 2.23. The summed E-state index contributed by atoms with van der Waals surface area (Å²) in [6, 6.07) is 8.69. The van der Waals surface area contributed by atoms with Crippen LogP contribution in [0.3, 0.4) is 0 Å². The molecule has 0 N–H and O–H groups in total. The van der Waals surface area contributed by atoms with Crippen LogP contribution in [0.15, 0.2) is 42.7 Å². The van der Waals surface area contributed by atoms with Crippen molar-refractivity contribution in [2.45, 2.75) is 5.92 Å². The summed E-state index contributed by atoms with van der Waals surface area (Å²) in [6.07, 6.45) is 2.86. The van der Waals surface area contributed by atoms with E-state index >= 15 is 0 Å². The number of benzene rings is 1. The summed E-state index contributed by atoms with van der Waals surface area (Å²) >= 11 is 0. The topological polar surface area (TPSA) is 66.6 Å². The van der Waals surface area contributed by atoms with E-state index in [2.05, 4.69) is 9.97 Å². The van der Waals surface area contributed by atoms with E-state index in [4.69, 9.17) is 5.26 Å². The smallest absolute Gasteiger partial charge is 0.221 e. The zero-order valence-electron chi connectivity index (χ0n) is 9.25. The molecule has 0 bridgehead atoms. The van der Waals surface area contributed by atoms with E-state index in [0.29, 0.717) is 5.56 Å². The summed E-state index contributed by atoms with van der Waals surface area (Å²) in [7, 11) is 0. The maximum atomic E-state index is 12.8. The van der Waals surface area contributed by atoms with Gasteiger partial charge in [-0.1, -0.05) is 12.1 Å². The molecule has 18 heavy (non-hydrogen) atoms. The van der Waals surface area contributed by atoms with Crippen LogP contribution in [0.2, 0.25) is 0 Å². The van der Waals surface area contributed by atoms with Gasteiger partial charge < -0.3 is 0 Å². The van der Waals surface area contributed by atoms with Crippen molar-refractivity contribution in [3.05, 3.63) is 59.9 Å². The van der Waals surface area contributed by atoms with Crippen LogP contribution < -0.4 is 0 Å². The lowest BCUT2D eigenvalue weighted by atomic mass is 9.95. The zero-order valence-corrected chi connectivity index (χ0v) is 9.25. The molecule has 0 spiro atoms. The standard InChI is InChI=1S/C13H8FN3O/c14-10-4-2-9(3-5-10)11(8-15)12(18)13-16-6-1-7-17-13/h1-7,11H. The summed E-state index contributed by atoms with van der Waals surface area (Å²) in [5, 5.41) is 9.06. The van der Waals surface area contributed by atoms with Gasteiger partial charge in [0.1, 0.15) is 11.7 Å². The van der Waals surface area contributed by atoms with Gasteiger partial charge in [0.2, 0.25) is 5.78 Å². The molecule has 2 aromatic rings. The largest absolute Gasteiger partial charge is 0.289 e. The molecule has 88 valence electrons. The van der Waals surface area contributed by atoms with Gasteiger partial charge >= 0.3 is 0 Å². The quantitative estimate of drug-likeness (QED) is 0.772. The monoisotopic (exact) mass is 241 g/mol. The second kappa shape index (κ2) is 5.15. The third kappa shape index (κ3) is 2.38. The lowest BCUT2D eigenvalue weighted by molar-refractivity contribution is 0.0968. The minimum atomic E-state index is -1.02. The lowest BCUT2D eigenvalue weighted by Gasteiger charge is -2.06. The summed E-state index contributed by atoms with van der Waals surface area (Å²) in [5.74, 6) is -1.95. The molecule has 0 radical (unpaired) electrons. The van der Waals surface area contributed by atoms with Crippen molar-refractivity contribution in [3.8, 4) is 6.07 Å². The van der Waals surface area contributed by atoms with Crippen LogP contribution in [0, 0.1) is 17.1 Å². The van der Waals surface area contributed by atoms with Crippen molar-refractivity contribution in [3.63, 3.8) is 0 Å². The molecule has 4 nitrogen and oxygen atoms in total. The number of aromatic nitrogens is 2. The molecule has 0 aliphatic carbocycles. The van der Waals surface area contributed by atoms with Crippen LogP contribution in [0.4, 0.5) is 4.39 Å². The molecule has 1 aromatic heterocycles. The van der Waals surface area contributed by atoms with Crippen LogP contribution >= 0.6 is 0 Å². The van der Waals surface area contributed by atoms with Gasteiger partial charge in [0.25, 0.3) is 0 Å². The fourth-order valence-corrected chi connectivity index (χ4v) is 1.50. The van der Waals surface area contributed by atoms with E-state index in [9.17, 15) is 9.18 Å². The fraction of sp³-hybridized carbons (Fsp3) is 0.0769. The Morgan fingerprint density at radius 2 is 1.83 bits per heavy atom. The van der Waals surface area contributed by atoms with Gasteiger partial charge in [-0.2, -0.15) is 5.26 Å². The molecule has 0 fully saturated rings. The molecule has 5 heteroatoms. The number of nitrogens with zero attached hydrogens (tertiary/aromatic N) is 3. The van der Waals surface area contributed by atoms with E-state index in [1.807, 2.05) is 6.07 Å². The number of nitriles is 1. The van der Waals surface area contributed by atoms with Crippen LogP contribution in [-0.2, 0) is 0 Å². The first-order chi connectivity index (χ1) is 8.72. The molecule has 1 aromatic carbocycles. The van der Waals surface area contributed by atoms with Gasteiger partial charge in [0, 0.05) is 12.4 Å². The Hall–Kier alpha value is -2.61. The summed E-state index contributed by atoms with van der Waals surface area (Å²) in [6.45, 7) is 0. The average Bonchev–Trinajstić information content (AvgIpc) is 2.42. The van der Waals surface area contributed by atoms with Gasteiger partial charge in [-0.15, -0.1) is 0 Å². The Morgan fingerprint density at radius 1 is 1.22 bits per heavy atom. The SMILES string of the molecule is N#CC(C(=O)c1ncccn1)c1ccc(F)cc1. The zero-order chi connectivity index (χ0) is 13.0. The summed E-state index contributed by atoms with van der Waals surface area (Å²) < 4.78 is 12.8. The second-order valence-electron chi connectivity index (χ2n) is 3.55. The number of Topliss-reactive ketones (excluding diaryl/α,β-unsaturated/α-hetero) is 1. The predicted molar refractivity (Wildman–Crippen MR) is 61.1 cm³/mol. The Labute approximate surface area is 103 Å². The van der Waals surface area contributed by atoms with E-state index in [0.717, 1.165) is 0 Å². The average molecular weight is 241 g/mol. The molecule has 0 saturated heterocycles.